The first-order valence-electron chi connectivity index (χ1n) is 7.07. The summed E-state index contributed by atoms with van der Waals surface area (Å²) in [4.78, 5) is 0. The van der Waals surface area contributed by atoms with Gasteiger partial charge in [-0.3, -0.25) is 0 Å². The molecular weight excluding hydrogens is 307 g/mol. The zero-order valence-corrected chi connectivity index (χ0v) is 13.2. The molecule has 0 amide bonds. The van der Waals surface area contributed by atoms with Crippen LogP contribution in [0.1, 0.15) is 44.8 Å². The lowest BCUT2D eigenvalue weighted by molar-refractivity contribution is -0.0384. The molecule has 1 aliphatic rings. The molecule has 1 aromatic carbocycles. The zero-order valence-electron chi connectivity index (χ0n) is 11.6. The Bertz CT molecular complexity index is 409. The first-order chi connectivity index (χ1) is 9.10. The fourth-order valence-corrected chi connectivity index (χ4v) is 3.29. The van der Waals surface area contributed by atoms with Crippen molar-refractivity contribution in [2.75, 3.05) is 5.33 Å². The van der Waals surface area contributed by atoms with Crippen LogP contribution < -0.4 is 0 Å². The van der Waals surface area contributed by atoms with Crippen LogP contribution in [0.15, 0.2) is 24.3 Å². The van der Waals surface area contributed by atoms with Crippen LogP contribution >= 0.6 is 15.9 Å². The summed E-state index contributed by atoms with van der Waals surface area (Å²) in [5.41, 5.74) is 0.920. The van der Waals surface area contributed by atoms with Crippen LogP contribution in [0.25, 0.3) is 0 Å². The van der Waals surface area contributed by atoms with Crippen molar-refractivity contribution in [3.05, 3.63) is 35.6 Å². The molecule has 0 aromatic heterocycles. The molecule has 0 N–H and O–H groups in total. The highest BCUT2D eigenvalue weighted by atomic mass is 79.9. The second-order valence-corrected chi connectivity index (χ2v) is 6.37. The number of hydrogen-bond acceptors (Lipinski definition) is 1. The predicted octanol–water partition coefficient (Wildman–Crippen LogP) is 5.10. The fraction of sp³-hybridized carbons (Fsp3) is 0.625. The van der Waals surface area contributed by atoms with Gasteiger partial charge in [-0.05, 0) is 48.8 Å². The number of hydrogen-bond donors (Lipinski definition) is 0. The number of alkyl halides is 1. The lowest BCUT2D eigenvalue weighted by Crippen LogP contribution is -2.28. The molecular formula is C16H22BrFO. The van der Waals surface area contributed by atoms with Gasteiger partial charge in [0.05, 0.1) is 12.2 Å². The number of halogens is 2. The molecule has 19 heavy (non-hydrogen) atoms. The summed E-state index contributed by atoms with van der Waals surface area (Å²) >= 11 is 3.48. The largest absolute Gasteiger partial charge is 0.369 e. The van der Waals surface area contributed by atoms with Crippen LogP contribution in [0.2, 0.25) is 0 Å². The van der Waals surface area contributed by atoms with Crippen molar-refractivity contribution in [2.24, 2.45) is 11.8 Å². The first-order valence-corrected chi connectivity index (χ1v) is 8.19. The van der Waals surface area contributed by atoms with Crippen molar-refractivity contribution in [1.29, 1.82) is 0 Å². The summed E-state index contributed by atoms with van der Waals surface area (Å²) in [7, 11) is 0. The van der Waals surface area contributed by atoms with Crippen molar-refractivity contribution in [3.8, 4) is 0 Å². The van der Waals surface area contributed by atoms with Crippen molar-refractivity contribution < 1.29 is 9.13 Å². The van der Waals surface area contributed by atoms with Gasteiger partial charge in [0, 0.05) is 5.33 Å². The Morgan fingerprint density at radius 2 is 2.11 bits per heavy atom. The van der Waals surface area contributed by atoms with Gasteiger partial charge in [-0.1, -0.05) is 41.9 Å². The Balaban J connectivity index is 1.99. The SMILES string of the molecule is CC1CCC(OC(CBr)c2cccc(F)c2)CC1C. The molecule has 2 rings (SSSR count). The third-order valence-corrected chi connectivity index (χ3v) is 4.86. The van der Waals surface area contributed by atoms with Crippen molar-refractivity contribution in [1.82, 2.24) is 0 Å². The molecule has 1 fully saturated rings. The van der Waals surface area contributed by atoms with Gasteiger partial charge in [0.1, 0.15) is 5.82 Å². The molecule has 0 aliphatic heterocycles. The van der Waals surface area contributed by atoms with Crippen LogP contribution in [0.5, 0.6) is 0 Å². The molecule has 1 aliphatic carbocycles. The second kappa shape index (κ2) is 6.85. The minimum atomic E-state index is -0.197. The summed E-state index contributed by atoms with van der Waals surface area (Å²) in [5.74, 6) is 1.30. The molecule has 0 bridgehead atoms. The summed E-state index contributed by atoms with van der Waals surface area (Å²) < 4.78 is 19.5. The lowest BCUT2D eigenvalue weighted by Gasteiger charge is -2.34. The average Bonchev–Trinajstić information content (AvgIpc) is 2.40. The van der Waals surface area contributed by atoms with Gasteiger partial charge in [-0.15, -0.1) is 0 Å². The molecule has 3 heteroatoms. The van der Waals surface area contributed by atoms with E-state index < -0.39 is 0 Å². The van der Waals surface area contributed by atoms with Crippen molar-refractivity contribution in [2.45, 2.75) is 45.3 Å². The van der Waals surface area contributed by atoms with Crippen molar-refractivity contribution >= 4 is 15.9 Å². The standard InChI is InChI=1S/C16H22BrFO/c1-11-6-7-15(8-12(11)2)19-16(10-17)13-4-3-5-14(18)9-13/h3-5,9,11-12,15-16H,6-8,10H2,1-2H3. The molecule has 0 spiro atoms. The van der Waals surface area contributed by atoms with E-state index in [4.69, 9.17) is 4.74 Å². The minimum Gasteiger partial charge on any atom is -0.369 e. The van der Waals surface area contributed by atoms with Gasteiger partial charge < -0.3 is 4.74 Å². The van der Waals surface area contributed by atoms with E-state index >= 15 is 0 Å². The maximum atomic E-state index is 13.3. The molecule has 0 saturated heterocycles. The highest BCUT2D eigenvalue weighted by Crippen LogP contribution is 2.34. The zero-order chi connectivity index (χ0) is 13.8. The average molecular weight is 329 g/mol. The third kappa shape index (κ3) is 4.03. The van der Waals surface area contributed by atoms with E-state index in [2.05, 4.69) is 29.8 Å². The van der Waals surface area contributed by atoms with E-state index in [-0.39, 0.29) is 11.9 Å². The summed E-state index contributed by atoms with van der Waals surface area (Å²) in [5, 5.41) is 0.705. The molecule has 1 aromatic rings. The van der Waals surface area contributed by atoms with E-state index in [0.717, 1.165) is 24.3 Å². The van der Waals surface area contributed by atoms with E-state index in [1.807, 2.05) is 6.07 Å². The molecule has 0 radical (unpaired) electrons. The van der Waals surface area contributed by atoms with Crippen LogP contribution in [0.3, 0.4) is 0 Å². The second-order valence-electron chi connectivity index (χ2n) is 5.72. The predicted molar refractivity (Wildman–Crippen MR) is 80.0 cm³/mol. The number of benzene rings is 1. The van der Waals surface area contributed by atoms with Crippen LogP contribution in [-0.2, 0) is 4.74 Å². The molecule has 106 valence electrons. The monoisotopic (exact) mass is 328 g/mol. The Morgan fingerprint density at radius 3 is 2.74 bits per heavy atom. The van der Waals surface area contributed by atoms with E-state index in [1.165, 1.54) is 12.5 Å². The molecule has 1 saturated carbocycles. The van der Waals surface area contributed by atoms with E-state index in [0.29, 0.717) is 17.4 Å². The van der Waals surface area contributed by atoms with Gasteiger partial charge in [0.2, 0.25) is 0 Å². The normalized spacial score (nSPS) is 29.2. The maximum Gasteiger partial charge on any atom is 0.123 e. The topological polar surface area (TPSA) is 9.23 Å². The molecule has 0 heterocycles. The van der Waals surface area contributed by atoms with E-state index in [9.17, 15) is 4.39 Å². The summed E-state index contributed by atoms with van der Waals surface area (Å²) in [6.07, 6.45) is 3.70. The van der Waals surface area contributed by atoms with Crippen LogP contribution in [-0.4, -0.2) is 11.4 Å². The molecule has 1 nitrogen and oxygen atoms in total. The Morgan fingerprint density at radius 1 is 1.32 bits per heavy atom. The van der Waals surface area contributed by atoms with Gasteiger partial charge in [0.15, 0.2) is 0 Å². The number of ether oxygens (including phenoxy) is 1. The van der Waals surface area contributed by atoms with Crippen LogP contribution in [0, 0.1) is 17.7 Å². The van der Waals surface area contributed by atoms with Gasteiger partial charge in [0.25, 0.3) is 0 Å². The summed E-state index contributed by atoms with van der Waals surface area (Å²) in [6.45, 7) is 4.61. The maximum absolute atomic E-state index is 13.3. The first kappa shape index (κ1) is 15.0. The van der Waals surface area contributed by atoms with E-state index in [1.54, 1.807) is 12.1 Å². The highest BCUT2D eigenvalue weighted by Gasteiger charge is 2.27. The van der Waals surface area contributed by atoms with Gasteiger partial charge in [-0.25, -0.2) is 4.39 Å². The van der Waals surface area contributed by atoms with Crippen LogP contribution in [0.4, 0.5) is 4.39 Å². The number of rotatable bonds is 4. The quantitative estimate of drug-likeness (QED) is 0.698. The van der Waals surface area contributed by atoms with Gasteiger partial charge in [-0.2, -0.15) is 0 Å². The Labute approximate surface area is 123 Å². The Hall–Kier alpha value is -0.410. The molecule has 4 unspecified atom stereocenters. The lowest BCUT2D eigenvalue weighted by atomic mass is 9.80. The minimum absolute atomic E-state index is 0.0543. The molecule has 4 atom stereocenters. The van der Waals surface area contributed by atoms with Crippen molar-refractivity contribution in [3.63, 3.8) is 0 Å². The Kier molecular flexibility index (Phi) is 5.40. The smallest absolute Gasteiger partial charge is 0.123 e. The van der Waals surface area contributed by atoms with Gasteiger partial charge >= 0.3 is 0 Å². The fourth-order valence-electron chi connectivity index (χ4n) is 2.76. The third-order valence-electron chi connectivity index (χ3n) is 4.27. The highest BCUT2D eigenvalue weighted by molar-refractivity contribution is 9.09. The summed E-state index contributed by atoms with van der Waals surface area (Å²) in [6, 6.07) is 6.72.